The molecule has 5 heterocycles. The second kappa shape index (κ2) is 17.2. The lowest BCUT2D eigenvalue weighted by Gasteiger charge is -2.36. The number of aromatic nitrogens is 3. The molecule has 6 bridgehead atoms. The van der Waals surface area contributed by atoms with Crippen LogP contribution in [0.1, 0.15) is 105 Å². The molecule has 1 fully saturated rings. The number of likely N-dealkylation sites (N-methyl/N-ethyl adjacent to an activating group) is 1. The highest BCUT2D eigenvalue weighted by Gasteiger charge is 2.39. The Hall–Kier alpha value is -5.24. The van der Waals surface area contributed by atoms with Gasteiger partial charge in [-0.25, -0.2) is 15.2 Å². The summed E-state index contributed by atoms with van der Waals surface area (Å²) in [6.45, 7) is 20.7. The first-order valence-electron chi connectivity index (χ1n) is 20.8. The summed E-state index contributed by atoms with van der Waals surface area (Å²) in [6, 6.07) is 7.43. The Bertz CT molecular complexity index is 2200. The third-order valence-corrected chi connectivity index (χ3v) is 11.0. The molecule has 59 heavy (non-hydrogen) atoms. The topological polar surface area (TPSA) is 161 Å². The van der Waals surface area contributed by atoms with Crippen LogP contribution in [0.2, 0.25) is 0 Å². The molecule has 2 aliphatic rings. The number of fused-ring (bicyclic) bond motifs is 6. The van der Waals surface area contributed by atoms with Crippen LogP contribution in [0.3, 0.4) is 0 Å². The van der Waals surface area contributed by atoms with Crippen LogP contribution >= 0.6 is 0 Å². The molecule has 3 aromatic heterocycles. The van der Waals surface area contributed by atoms with Crippen LogP contribution in [0.4, 0.5) is 4.79 Å². The lowest BCUT2D eigenvalue weighted by Crippen LogP contribution is -2.62. The fraction of sp³-hybridized carbons (Fsp3) is 0.556. The van der Waals surface area contributed by atoms with Crippen molar-refractivity contribution in [1.82, 2.24) is 35.2 Å². The van der Waals surface area contributed by atoms with Crippen LogP contribution in [0.25, 0.3) is 33.5 Å². The number of aryl methyl sites for hydroxylation is 1. The summed E-state index contributed by atoms with van der Waals surface area (Å²) in [5.41, 5.74) is 7.96. The quantitative estimate of drug-likeness (QED) is 0.185. The van der Waals surface area contributed by atoms with Gasteiger partial charge in [0, 0.05) is 53.8 Å². The molecular formula is C45H61N7O7. The van der Waals surface area contributed by atoms with E-state index in [0.29, 0.717) is 31.6 Å². The van der Waals surface area contributed by atoms with Gasteiger partial charge in [0.15, 0.2) is 11.7 Å². The van der Waals surface area contributed by atoms with Gasteiger partial charge in [0.2, 0.25) is 5.91 Å². The van der Waals surface area contributed by atoms with Gasteiger partial charge in [-0.15, -0.1) is 0 Å². The standard InChI is InChI=1S/C45H61N7O7/c1-12-51-34-18-17-28-21-30(34)31(39(51)29-15-13-19-46-37(29)26(2)3)23-45(9,10)25-57-42(55)32-16-14-20-52(49-32)41(54)33(22-36-47-24-35(28)58-36)48-40(53)38(27(4)5)50(11)43(56)59-44(6,7)8/h13,15,17-19,21,24,26-27,32-33,38,49H,12,14,16,20,22-23,25H2,1-11H3,(H,48,53)/t32-,33-,38-/m0/s1. The summed E-state index contributed by atoms with van der Waals surface area (Å²) in [5, 5.41) is 5.32. The largest absolute Gasteiger partial charge is 0.464 e. The number of amides is 3. The summed E-state index contributed by atoms with van der Waals surface area (Å²) < 4.78 is 20.4. The maximum Gasteiger partial charge on any atom is 0.410 e. The number of benzene rings is 1. The second-order valence-electron chi connectivity index (χ2n) is 18.3. The van der Waals surface area contributed by atoms with Crippen LogP contribution in [0.15, 0.2) is 47.1 Å². The van der Waals surface area contributed by atoms with E-state index in [4.69, 9.17) is 18.9 Å². The number of rotatable bonds is 7. The third kappa shape index (κ3) is 9.48. The number of hydrogen-bond acceptors (Lipinski definition) is 10. The average Bonchev–Trinajstić information content (AvgIpc) is 3.76. The smallest absolute Gasteiger partial charge is 0.410 e. The van der Waals surface area contributed by atoms with E-state index < -0.39 is 53.0 Å². The predicted octanol–water partition coefficient (Wildman–Crippen LogP) is 7.04. The Morgan fingerprint density at radius 1 is 1.12 bits per heavy atom. The maximum atomic E-state index is 14.4. The Morgan fingerprint density at radius 3 is 2.54 bits per heavy atom. The second-order valence-corrected chi connectivity index (χ2v) is 18.3. The van der Waals surface area contributed by atoms with E-state index in [-0.39, 0.29) is 30.8 Å². The van der Waals surface area contributed by atoms with Crippen molar-refractivity contribution in [3.05, 3.63) is 59.9 Å². The fourth-order valence-corrected chi connectivity index (χ4v) is 8.21. The monoisotopic (exact) mass is 811 g/mol. The van der Waals surface area contributed by atoms with E-state index in [0.717, 1.165) is 45.5 Å². The highest BCUT2D eigenvalue weighted by Crippen LogP contribution is 2.42. The van der Waals surface area contributed by atoms with Crippen LogP contribution < -0.4 is 10.7 Å². The Labute approximate surface area is 347 Å². The van der Waals surface area contributed by atoms with Gasteiger partial charge in [-0.3, -0.25) is 29.3 Å². The number of carbonyl (C=O) groups excluding carboxylic acids is 4. The van der Waals surface area contributed by atoms with Crippen LogP contribution in [-0.4, -0.2) is 92.2 Å². The summed E-state index contributed by atoms with van der Waals surface area (Å²) in [6.07, 6.45) is 4.33. The molecular weight excluding hydrogens is 751 g/mol. The molecule has 2 N–H and O–H groups in total. The van der Waals surface area contributed by atoms with E-state index >= 15 is 0 Å². The number of ether oxygens (including phenoxy) is 2. The van der Waals surface area contributed by atoms with Crippen LogP contribution in [-0.2, 0) is 43.2 Å². The molecule has 3 atom stereocenters. The maximum absolute atomic E-state index is 14.4. The first kappa shape index (κ1) is 43.3. The molecule has 0 radical (unpaired) electrons. The number of oxazole rings is 1. The minimum Gasteiger partial charge on any atom is -0.464 e. The van der Waals surface area contributed by atoms with Gasteiger partial charge < -0.3 is 23.8 Å². The molecule has 318 valence electrons. The minimum atomic E-state index is -1.16. The average molecular weight is 812 g/mol. The molecule has 4 aromatic rings. The fourth-order valence-electron chi connectivity index (χ4n) is 8.21. The number of hydrogen-bond donors (Lipinski definition) is 2. The molecule has 1 saturated heterocycles. The number of esters is 1. The zero-order valence-electron chi connectivity index (χ0n) is 36.5. The van der Waals surface area contributed by atoms with Gasteiger partial charge >= 0.3 is 12.1 Å². The summed E-state index contributed by atoms with van der Waals surface area (Å²) >= 11 is 0. The molecule has 0 saturated carbocycles. The SMILES string of the molecule is CCn1c(-c2cccnc2C(C)C)c2c3cc(ccc31)-c1cnc(o1)C[C@H](NC(=O)[C@H](C(C)C)N(C)C(=O)OC(C)(C)C)C(=O)N1CCC[C@H](N1)C(=O)OCC(C)(C)C2. The Balaban J connectivity index is 1.44. The molecule has 6 rings (SSSR count). The van der Waals surface area contributed by atoms with Crippen molar-refractivity contribution >= 4 is 34.8 Å². The number of pyridine rings is 1. The minimum absolute atomic E-state index is 0.0874. The number of hydrazine groups is 1. The van der Waals surface area contributed by atoms with Crippen molar-refractivity contribution in [3.8, 4) is 22.6 Å². The van der Waals surface area contributed by atoms with Gasteiger partial charge in [-0.1, -0.05) is 41.5 Å². The molecule has 1 aromatic carbocycles. The van der Waals surface area contributed by atoms with Crippen LogP contribution in [0, 0.1) is 11.3 Å². The van der Waals surface area contributed by atoms with Crippen molar-refractivity contribution in [3.63, 3.8) is 0 Å². The number of cyclic esters (lactones) is 1. The molecule has 0 unspecified atom stereocenters. The highest BCUT2D eigenvalue weighted by molar-refractivity contribution is 5.95. The highest BCUT2D eigenvalue weighted by atomic mass is 16.6. The van der Waals surface area contributed by atoms with Crippen molar-refractivity contribution < 1.29 is 33.1 Å². The van der Waals surface area contributed by atoms with Gasteiger partial charge in [0.05, 0.1) is 30.6 Å². The van der Waals surface area contributed by atoms with Gasteiger partial charge in [-0.2, -0.15) is 0 Å². The normalized spacial score (nSPS) is 19.4. The van der Waals surface area contributed by atoms with Crippen molar-refractivity contribution in [1.29, 1.82) is 0 Å². The van der Waals surface area contributed by atoms with E-state index in [2.05, 4.69) is 73.1 Å². The van der Waals surface area contributed by atoms with E-state index in [1.54, 1.807) is 27.0 Å². The Kier molecular flexibility index (Phi) is 12.6. The van der Waals surface area contributed by atoms with E-state index in [9.17, 15) is 19.2 Å². The van der Waals surface area contributed by atoms with Crippen LogP contribution in [0.5, 0.6) is 0 Å². The van der Waals surface area contributed by atoms with Crippen molar-refractivity contribution in [2.24, 2.45) is 11.3 Å². The van der Waals surface area contributed by atoms with E-state index in [1.807, 2.05) is 32.2 Å². The zero-order chi connectivity index (χ0) is 43.0. The number of carbonyl (C=O) groups is 4. The Morgan fingerprint density at radius 2 is 1.86 bits per heavy atom. The first-order valence-corrected chi connectivity index (χ1v) is 20.8. The molecule has 3 amide bonds. The number of nitrogens with zero attached hydrogens (tertiary/aromatic N) is 5. The first-order chi connectivity index (χ1) is 27.8. The summed E-state index contributed by atoms with van der Waals surface area (Å²) in [7, 11) is 1.51. The van der Waals surface area contributed by atoms with Gasteiger partial charge in [0.25, 0.3) is 5.91 Å². The number of nitrogens with one attached hydrogen (secondary N) is 2. The molecule has 14 nitrogen and oxygen atoms in total. The van der Waals surface area contributed by atoms with Crippen molar-refractivity contribution in [2.45, 2.75) is 131 Å². The third-order valence-electron chi connectivity index (χ3n) is 11.0. The lowest BCUT2D eigenvalue weighted by molar-refractivity contribution is -0.155. The predicted molar refractivity (Wildman–Crippen MR) is 225 cm³/mol. The molecule has 0 spiro atoms. The molecule has 0 aliphatic carbocycles. The lowest BCUT2D eigenvalue weighted by atomic mass is 9.84. The van der Waals surface area contributed by atoms with E-state index in [1.165, 1.54) is 17.0 Å². The van der Waals surface area contributed by atoms with Gasteiger partial charge in [-0.05, 0) is 94.7 Å². The zero-order valence-corrected chi connectivity index (χ0v) is 36.5. The van der Waals surface area contributed by atoms with Crippen molar-refractivity contribution in [2.75, 3.05) is 20.2 Å². The molecule has 2 aliphatic heterocycles. The summed E-state index contributed by atoms with van der Waals surface area (Å²) in [5.74, 6) is -0.876. The molecule has 14 heteroatoms. The van der Waals surface area contributed by atoms with Gasteiger partial charge in [0.1, 0.15) is 23.7 Å². The summed E-state index contributed by atoms with van der Waals surface area (Å²) in [4.78, 5) is 66.1.